The van der Waals surface area contributed by atoms with Gasteiger partial charge in [-0.3, -0.25) is 0 Å². The molecule has 0 bridgehead atoms. The van der Waals surface area contributed by atoms with Crippen LogP contribution in [0.4, 0.5) is 18.9 Å². The molecule has 0 amide bonds. The van der Waals surface area contributed by atoms with Crippen molar-refractivity contribution in [1.29, 1.82) is 0 Å². The summed E-state index contributed by atoms with van der Waals surface area (Å²) in [6, 6.07) is 4.20. The fourth-order valence-corrected chi connectivity index (χ4v) is 2.66. The largest absolute Gasteiger partial charge is 0.399 e. The van der Waals surface area contributed by atoms with E-state index in [1.807, 2.05) is 0 Å². The number of nitrogens with two attached hydrogens (primary N) is 1. The fourth-order valence-electron chi connectivity index (χ4n) is 2.28. The second-order valence-corrected chi connectivity index (χ2v) is 5.53. The first-order valence-corrected chi connectivity index (χ1v) is 6.34. The van der Waals surface area contributed by atoms with Gasteiger partial charge in [0, 0.05) is 11.3 Å². The third-order valence-electron chi connectivity index (χ3n) is 3.61. The van der Waals surface area contributed by atoms with Gasteiger partial charge in [-0.05, 0) is 38.0 Å². The second kappa shape index (κ2) is 4.67. The van der Waals surface area contributed by atoms with Crippen LogP contribution in [-0.2, 0) is 5.54 Å². The lowest BCUT2D eigenvalue weighted by molar-refractivity contribution is 0.139. The molecular formula is C13H15F3N2S. The number of piperidine rings is 1. The molecule has 3 N–H and O–H groups in total. The predicted octanol–water partition coefficient (Wildman–Crippen LogP) is 3.01. The first-order valence-electron chi connectivity index (χ1n) is 5.94. The third-order valence-corrected chi connectivity index (χ3v) is 4.08. The molecule has 1 aromatic carbocycles. The maximum atomic E-state index is 14.0. The van der Waals surface area contributed by atoms with Gasteiger partial charge in [0.15, 0.2) is 5.67 Å². The molecule has 0 aliphatic carbocycles. The number of anilines is 1. The van der Waals surface area contributed by atoms with Crippen LogP contribution in [0.1, 0.15) is 25.3 Å². The molecule has 6 heteroatoms. The fraction of sp³-hybridized carbons (Fsp3) is 0.462. The van der Waals surface area contributed by atoms with Crippen LogP contribution < -0.4 is 11.1 Å². The highest BCUT2D eigenvalue weighted by Crippen LogP contribution is 2.38. The Balaban J connectivity index is 2.36. The molecule has 1 saturated heterocycles. The molecule has 19 heavy (non-hydrogen) atoms. The number of thiocarbonyl (C=S) groups is 1. The van der Waals surface area contributed by atoms with Crippen LogP contribution in [0.5, 0.6) is 0 Å². The van der Waals surface area contributed by atoms with Crippen molar-refractivity contribution < 1.29 is 13.2 Å². The van der Waals surface area contributed by atoms with E-state index in [0.29, 0.717) is 11.3 Å². The van der Waals surface area contributed by atoms with Gasteiger partial charge in [0.2, 0.25) is 0 Å². The Kier molecular flexibility index (Phi) is 3.47. The number of hydrogen-bond donors (Lipinski definition) is 2. The van der Waals surface area contributed by atoms with E-state index in [1.165, 1.54) is 18.2 Å². The minimum atomic E-state index is -2.15. The average Bonchev–Trinajstić information content (AvgIpc) is 2.37. The molecule has 0 radical (unpaired) electrons. The number of halogens is 3. The van der Waals surface area contributed by atoms with Gasteiger partial charge in [0.05, 0.1) is 5.54 Å². The molecule has 2 rings (SSSR count). The second-order valence-electron chi connectivity index (χ2n) is 5.12. The zero-order valence-corrected chi connectivity index (χ0v) is 11.3. The van der Waals surface area contributed by atoms with Crippen molar-refractivity contribution in [3.8, 4) is 0 Å². The summed E-state index contributed by atoms with van der Waals surface area (Å²) < 4.78 is 40.6. The lowest BCUT2D eigenvalue weighted by Crippen LogP contribution is -2.57. The zero-order valence-electron chi connectivity index (χ0n) is 10.5. The number of nitrogen functional groups attached to an aromatic ring is 1. The van der Waals surface area contributed by atoms with Gasteiger partial charge in [0.1, 0.15) is 17.5 Å². The normalized spacial score (nSPS) is 31.1. The SMILES string of the molecule is C[C@@]1(c2cc(N)ccc2F)CC[C@](F)(CF)C(=S)N1. The van der Waals surface area contributed by atoms with E-state index < -0.39 is 23.7 Å². The van der Waals surface area contributed by atoms with E-state index in [0.717, 1.165) is 0 Å². The summed E-state index contributed by atoms with van der Waals surface area (Å²) in [4.78, 5) is -0.217. The van der Waals surface area contributed by atoms with E-state index in [-0.39, 0.29) is 17.8 Å². The summed E-state index contributed by atoms with van der Waals surface area (Å²) in [5, 5.41) is 2.74. The summed E-state index contributed by atoms with van der Waals surface area (Å²) in [6.45, 7) is 0.531. The standard InChI is InChI=1S/C13H15F3N2S/c1-12(9-6-8(17)2-3-10(9)15)4-5-13(16,7-14)11(19)18-12/h2-3,6H,4-5,7,17H2,1H3,(H,18,19)/t12-,13-/m0/s1. The Hall–Kier alpha value is -1.30. The molecule has 0 unspecified atom stereocenters. The highest BCUT2D eigenvalue weighted by molar-refractivity contribution is 7.80. The Labute approximate surface area is 115 Å². The minimum absolute atomic E-state index is 0.0833. The Morgan fingerprint density at radius 3 is 2.68 bits per heavy atom. The number of nitrogens with one attached hydrogen (secondary N) is 1. The molecule has 104 valence electrons. The summed E-state index contributed by atoms with van der Waals surface area (Å²) in [7, 11) is 0. The maximum absolute atomic E-state index is 14.0. The Morgan fingerprint density at radius 1 is 1.42 bits per heavy atom. The van der Waals surface area contributed by atoms with Crippen molar-refractivity contribution in [3.63, 3.8) is 0 Å². The topological polar surface area (TPSA) is 38.0 Å². The van der Waals surface area contributed by atoms with Crippen LogP contribution in [-0.4, -0.2) is 17.3 Å². The van der Waals surface area contributed by atoms with Crippen molar-refractivity contribution >= 4 is 22.9 Å². The summed E-state index contributed by atoms with van der Waals surface area (Å²) in [5.41, 5.74) is 3.35. The number of rotatable bonds is 2. The number of benzene rings is 1. The van der Waals surface area contributed by atoms with Crippen molar-refractivity contribution in [2.75, 3.05) is 12.4 Å². The molecule has 1 heterocycles. The summed E-state index contributed by atoms with van der Waals surface area (Å²) >= 11 is 4.88. The van der Waals surface area contributed by atoms with Crippen LogP contribution in [0.25, 0.3) is 0 Å². The van der Waals surface area contributed by atoms with Gasteiger partial charge in [-0.15, -0.1) is 0 Å². The van der Waals surface area contributed by atoms with Crippen molar-refractivity contribution in [2.24, 2.45) is 0 Å². The van der Waals surface area contributed by atoms with Gasteiger partial charge in [-0.1, -0.05) is 12.2 Å². The molecule has 0 saturated carbocycles. The van der Waals surface area contributed by atoms with E-state index in [9.17, 15) is 13.2 Å². The highest BCUT2D eigenvalue weighted by atomic mass is 32.1. The Bertz CT molecular complexity index is 523. The molecular weight excluding hydrogens is 273 g/mol. The van der Waals surface area contributed by atoms with E-state index in [1.54, 1.807) is 6.92 Å². The van der Waals surface area contributed by atoms with Gasteiger partial charge < -0.3 is 11.1 Å². The molecule has 1 fully saturated rings. The lowest BCUT2D eigenvalue weighted by atomic mass is 9.79. The van der Waals surface area contributed by atoms with Crippen LogP contribution in [0.3, 0.4) is 0 Å². The summed E-state index contributed by atoms with van der Waals surface area (Å²) in [6.07, 6.45) is 0.147. The lowest BCUT2D eigenvalue weighted by Gasteiger charge is -2.42. The first kappa shape index (κ1) is 14.1. The van der Waals surface area contributed by atoms with Gasteiger partial charge in [-0.25, -0.2) is 13.2 Å². The van der Waals surface area contributed by atoms with Crippen LogP contribution in [0.15, 0.2) is 18.2 Å². The number of alkyl halides is 2. The Morgan fingerprint density at radius 2 is 2.11 bits per heavy atom. The molecule has 2 nitrogen and oxygen atoms in total. The van der Waals surface area contributed by atoms with Crippen molar-refractivity contribution in [3.05, 3.63) is 29.6 Å². The monoisotopic (exact) mass is 288 g/mol. The molecule has 1 aromatic rings. The highest BCUT2D eigenvalue weighted by Gasteiger charge is 2.46. The van der Waals surface area contributed by atoms with Crippen LogP contribution >= 0.6 is 12.2 Å². The predicted molar refractivity (Wildman–Crippen MR) is 72.9 cm³/mol. The van der Waals surface area contributed by atoms with Gasteiger partial charge in [0.25, 0.3) is 0 Å². The molecule has 1 aliphatic rings. The van der Waals surface area contributed by atoms with E-state index in [4.69, 9.17) is 18.0 Å². The van der Waals surface area contributed by atoms with Crippen LogP contribution in [0.2, 0.25) is 0 Å². The van der Waals surface area contributed by atoms with Gasteiger partial charge in [-0.2, -0.15) is 0 Å². The molecule has 0 aromatic heterocycles. The van der Waals surface area contributed by atoms with E-state index >= 15 is 0 Å². The molecule has 2 atom stereocenters. The smallest absolute Gasteiger partial charge is 0.188 e. The van der Waals surface area contributed by atoms with E-state index in [2.05, 4.69) is 5.32 Å². The average molecular weight is 288 g/mol. The van der Waals surface area contributed by atoms with Crippen molar-refractivity contribution in [2.45, 2.75) is 31.0 Å². The first-order chi connectivity index (χ1) is 8.81. The van der Waals surface area contributed by atoms with Crippen LogP contribution in [0, 0.1) is 5.82 Å². The van der Waals surface area contributed by atoms with Crippen molar-refractivity contribution in [1.82, 2.24) is 5.32 Å². The summed E-state index contributed by atoms with van der Waals surface area (Å²) in [5.74, 6) is -0.446. The number of hydrogen-bond acceptors (Lipinski definition) is 2. The molecule has 0 spiro atoms. The minimum Gasteiger partial charge on any atom is -0.399 e. The quantitative estimate of drug-likeness (QED) is 0.649. The van der Waals surface area contributed by atoms with Gasteiger partial charge >= 0.3 is 0 Å². The zero-order chi connectivity index (χ0) is 14.3. The third kappa shape index (κ3) is 2.41. The maximum Gasteiger partial charge on any atom is 0.188 e. The molecule has 1 aliphatic heterocycles.